The summed E-state index contributed by atoms with van der Waals surface area (Å²) in [5, 5.41) is 0. The smallest absolute Gasteiger partial charge is 0.140 e. The molecule has 0 aliphatic carbocycles. The van der Waals surface area contributed by atoms with E-state index in [1.165, 1.54) is 0 Å². The third-order valence-electron chi connectivity index (χ3n) is 4.68. The summed E-state index contributed by atoms with van der Waals surface area (Å²) in [6.07, 6.45) is 4.48. The van der Waals surface area contributed by atoms with E-state index in [1.54, 1.807) is 0 Å². The van der Waals surface area contributed by atoms with Crippen molar-refractivity contribution in [3.05, 3.63) is 29.8 Å². The van der Waals surface area contributed by atoms with Crippen molar-refractivity contribution < 1.29 is 9.53 Å². The highest BCUT2D eigenvalue weighted by molar-refractivity contribution is 7.99. The Labute approximate surface area is 130 Å². The second-order valence-corrected chi connectivity index (χ2v) is 7.45. The molecule has 0 radical (unpaired) electrons. The lowest BCUT2D eigenvalue weighted by Crippen LogP contribution is -2.44. The summed E-state index contributed by atoms with van der Waals surface area (Å²) in [6.45, 7) is 0.734. The number of benzene rings is 1. The van der Waals surface area contributed by atoms with E-state index in [9.17, 15) is 4.79 Å². The molecular weight excluding hydrogens is 282 g/mol. The number of ketones is 1. The van der Waals surface area contributed by atoms with Crippen LogP contribution in [0.15, 0.2) is 24.3 Å². The fourth-order valence-corrected chi connectivity index (χ4v) is 4.68. The summed E-state index contributed by atoms with van der Waals surface area (Å²) in [7, 11) is 0. The molecule has 2 N–H and O–H groups in total. The normalized spacial score (nSPS) is 24.9. The Morgan fingerprint density at radius 1 is 1.38 bits per heavy atom. The lowest BCUT2D eigenvalue weighted by molar-refractivity contribution is -0.137. The zero-order valence-electron chi connectivity index (χ0n) is 12.3. The Hall–Kier alpha value is -1.00. The fourth-order valence-electron chi connectivity index (χ4n) is 3.44. The topological polar surface area (TPSA) is 52.3 Å². The molecule has 0 saturated carbocycles. The van der Waals surface area contributed by atoms with Crippen LogP contribution in [-0.4, -0.2) is 29.5 Å². The van der Waals surface area contributed by atoms with Gasteiger partial charge in [-0.25, -0.2) is 0 Å². The molecule has 3 nitrogen and oxygen atoms in total. The molecule has 114 valence electrons. The van der Waals surface area contributed by atoms with Gasteiger partial charge < -0.3 is 10.5 Å². The molecule has 1 unspecified atom stereocenters. The number of nitrogens with two attached hydrogens (primary N) is 1. The van der Waals surface area contributed by atoms with Crippen LogP contribution in [-0.2, 0) is 16.0 Å². The third kappa shape index (κ3) is 3.61. The molecule has 2 aliphatic rings. The maximum Gasteiger partial charge on any atom is 0.140 e. The number of ether oxygens (including phenoxy) is 1. The summed E-state index contributed by atoms with van der Waals surface area (Å²) in [5.74, 6) is 2.83. The van der Waals surface area contributed by atoms with Gasteiger partial charge in [0.25, 0.3) is 0 Å². The van der Waals surface area contributed by atoms with Gasteiger partial charge in [-0.1, -0.05) is 12.1 Å². The summed E-state index contributed by atoms with van der Waals surface area (Å²) >= 11 is 2.00. The predicted molar refractivity (Wildman–Crippen MR) is 87.5 cm³/mol. The van der Waals surface area contributed by atoms with Crippen molar-refractivity contribution in [2.45, 2.75) is 37.7 Å². The SMILES string of the molecule is Nc1cccc(CC(=O)C2CCOC3(CCSCC3)C2)c1. The summed E-state index contributed by atoms with van der Waals surface area (Å²) in [5.41, 5.74) is 7.53. The molecular formula is C17H23NO2S. The number of hydrogen-bond acceptors (Lipinski definition) is 4. The number of rotatable bonds is 3. The Kier molecular flexibility index (Phi) is 4.55. The molecule has 21 heavy (non-hydrogen) atoms. The lowest BCUT2D eigenvalue weighted by Gasteiger charge is -2.43. The van der Waals surface area contributed by atoms with Crippen LogP contribution in [0.25, 0.3) is 0 Å². The number of carbonyl (C=O) groups excluding carboxylic acids is 1. The first kappa shape index (κ1) is 14.9. The van der Waals surface area contributed by atoms with Crippen LogP contribution in [0.1, 0.15) is 31.2 Å². The van der Waals surface area contributed by atoms with Crippen molar-refractivity contribution in [3.8, 4) is 0 Å². The van der Waals surface area contributed by atoms with Crippen molar-refractivity contribution in [2.24, 2.45) is 5.92 Å². The summed E-state index contributed by atoms with van der Waals surface area (Å²) < 4.78 is 6.07. The van der Waals surface area contributed by atoms with Crippen LogP contribution >= 0.6 is 11.8 Å². The number of carbonyl (C=O) groups is 1. The van der Waals surface area contributed by atoms with Crippen molar-refractivity contribution in [1.82, 2.24) is 0 Å². The van der Waals surface area contributed by atoms with Gasteiger partial charge in [-0.05, 0) is 54.9 Å². The average Bonchev–Trinajstić information content (AvgIpc) is 2.48. The van der Waals surface area contributed by atoms with E-state index in [4.69, 9.17) is 10.5 Å². The summed E-state index contributed by atoms with van der Waals surface area (Å²) in [6, 6.07) is 7.67. The predicted octanol–water partition coefficient (Wildman–Crippen LogP) is 3.07. The quantitative estimate of drug-likeness (QED) is 0.872. The maximum atomic E-state index is 12.6. The van der Waals surface area contributed by atoms with Gasteiger partial charge in [0.2, 0.25) is 0 Å². The van der Waals surface area contributed by atoms with Gasteiger partial charge in [0.1, 0.15) is 5.78 Å². The molecule has 0 amide bonds. The Morgan fingerprint density at radius 2 is 2.19 bits per heavy atom. The van der Waals surface area contributed by atoms with Gasteiger partial charge in [-0.15, -0.1) is 0 Å². The molecule has 0 bridgehead atoms. The van der Waals surface area contributed by atoms with Crippen molar-refractivity contribution in [1.29, 1.82) is 0 Å². The number of hydrogen-bond donors (Lipinski definition) is 1. The molecule has 1 aromatic carbocycles. The molecule has 2 saturated heterocycles. The van der Waals surface area contributed by atoms with Gasteiger partial charge in [0, 0.05) is 24.6 Å². The molecule has 0 aromatic heterocycles. The standard InChI is InChI=1S/C17H23NO2S/c18-15-3-1-2-13(10-15)11-16(19)14-4-7-20-17(12-14)5-8-21-9-6-17/h1-3,10,14H,4-9,11-12,18H2. The number of thioether (sulfide) groups is 1. The molecule has 2 aliphatic heterocycles. The summed E-state index contributed by atoms with van der Waals surface area (Å²) in [4.78, 5) is 12.6. The Balaban J connectivity index is 1.64. The minimum absolute atomic E-state index is 0.0143. The number of nitrogen functional groups attached to an aromatic ring is 1. The highest BCUT2D eigenvalue weighted by Gasteiger charge is 2.40. The van der Waals surface area contributed by atoms with Gasteiger partial charge in [0.05, 0.1) is 5.60 Å². The molecule has 1 aromatic rings. The second kappa shape index (κ2) is 6.41. The molecule has 1 spiro atoms. The molecule has 2 heterocycles. The van der Waals surface area contributed by atoms with Gasteiger partial charge >= 0.3 is 0 Å². The Bertz CT molecular complexity index is 506. The van der Waals surface area contributed by atoms with E-state index < -0.39 is 0 Å². The fraction of sp³-hybridized carbons (Fsp3) is 0.588. The van der Waals surface area contributed by atoms with Gasteiger partial charge in [0.15, 0.2) is 0 Å². The second-order valence-electron chi connectivity index (χ2n) is 6.22. The maximum absolute atomic E-state index is 12.6. The largest absolute Gasteiger partial charge is 0.399 e. The first-order valence-electron chi connectivity index (χ1n) is 7.76. The van der Waals surface area contributed by atoms with Crippen LogP contribution in [0, 0.1) is 5.92 Å². The van der Waals surface area contributed by atoms with Crippen LogP contribution < -0.4 is 5.73 Å². The Morgan fingerprint density at radius 3 is 2.95 bits per heavy atom. The monoisotopic (exact) mass is 305 g/mol. The van der Waals surface area contributed by atoms with Crippen molar-refractivity contribution >= 4 is 23.2 Å². The van der Waals surface area contributed by atoms with E-state index >= 15 is 0 Å². The third-order valence-corrected chi connectivity index (χ3v) is 5.67. The highest BCUT2D eigenvalue weighted by Crippen LogP contribution is 2.40. The molecule has 3 rings (SSSR count). The zero-order valence-corrected chi connectivity index (χ0v) is 13.2. The molecule has 2 fully saturated rings. The lowest BCUT2D eigenvalue weighted by atomic mass is 9.79. The number of Topliss-reactive ketones (excluding diaryl/α,β-unsaturated/α-hetero) is 1. The minimum Gasteiger partial charge on any atom is -0.399 e. The van der Waals surface area contributed by atoms with Crippen molar-refractivity contribution in [2.75, 3.05) is 23.8 Å². The van der Waals surface area contributed by atoms with E-state index in [1.807, 2.05) is 36.0 Å². The van der Waals surface area contributed by atoms with E-state index in [2.05, 4.69) is 0 Å². The van der Waals surface area contributed by atoms with E-state index in [0.29, 0.717) is 12.2 Å². The van der Waals surface area contributed by atoms with Crippen LogP contribution in [0.2, 0.25) is 0 Å². The first-order chi connectivity index (χ1) is 10.2. The average molecular weight is 305 g/mol. The van der Waals surface area contributed by atoms with E-state index in [0.717, 1.165) is 55.0 Å². The van der Waals surface area contributed by atoms with E-state index in [-0.39, 0.29) is 11.5 Å². The van der Waals surface area contributed by atoms with Gasteiger partial charge in [-0.3, -0.25) is 4.79 Å². The van der Waals surface area contributed by atoms with Crippen LogP contribution in [0.5, 0.6) is 0 Å². The van der Waals surface area contributed by atoms with Crippen LogP contribution in [0.3, 0.4) is 0 Å². The molecule has 1 atom stereocenters. The number of anilines is 1. The van der Waals surface area contributed by atoms with Crippen molar-refractivity contribution in [3.63, 3.8) is 0 Å². The highest BCUT2D eigenvalue weighted by atomic mass is 32.2. The van der Waals surface area contributed by atoms with Crippen LogP contribution in [0.4, 0.5) is 5.69 Å². The minimum atomic E-state index is -0.0143. The zero-order chi connectivity index (χ0) is 14.7. The van der Waals surface area contributed by atoms with Gasteiger partial charge in [-0.2, -0.15) is 11.8 Å². The first-order valence-corrected chi connectivity index (χ1v) is 8.91. The molecule has 4 heteroatoms.